The first-order valence-corrected chi connectivity index (χ1v) is 11.2. The number of benzene rings is 3. The number of hydrogen-bond acceptors (Lipinski definition) is 3. The highest BCUT2D eigenvalue weighted by Gasteiger charge is 2.34. The number of carbonyl (C=O) groups is 1. The molecule has 3 aromatic carbocycles. The van der Waals surface area contributed by atoms with Gasteiger partial charge in [0.15, 0.2) is 0 Å². The Balaban J connectivity index is 1.41. The fraction of sp³-hybridized carbons (Fsp3) is 0.231. The number of aromatic nitrogens is 2. The average molecular weight is 446 g/mol. The van der Waals surface area contributed by atoms with Gasteiger partial charge in [0.2, 0.25) is 5.91 Å². The second kappa shape index (κ2) is 8.67. The molecule has 0 radical (unpaired) electrons. The minimum atomic E-state index is 0.0246. The minimum absolute atomic E-state index is 0.0246. The van der Waals surface area contributed by atoms with Gasteiger partial charge in [0.25, 0.3) is 0 Å². The molecule has 5 rings (SSSR count). The van der Waals surface area contributed by atoms with Gasteiger partial charge in [-0.25, -0.2) is 4.98 Å². The molecule has 0 spiro atoms. The van der Waals surface area contributed by atoms with Crippen LogP contribution in [0.4, 0.5) is 5.69 Å². The Morgan fingerprint density at radius 2 is 1.78 bits per heavy atom. The van der Waals surface area contributed by atoms with Crippen LogP contribution in [0.2, 0.25) is 5.02 Å². The number of nitrogens with zero attached hydrogens (tertiary/aromatic N) is 3. The number of carbonyl (C=O) groups excluding carboxylic acids is 1. The Labute approximate surface area is 192 Å². The highest BCUT2D eigenvalue weighted by molar-refractivity contribution is 6.32. The molecule has 6 heteroatoms. The zero-order valence-electron chi connectivity index (χ0n) is 17.9. The van der Waals surface area contributed by atoms with E-state index in [1.54, 1.807) is 0 Å². The lowest BCUT2D eigenvalue weighted by atomic mass is 10.1. The summed E-state index contributed by atoms with van der Waals surface area (Å²) >= 11 is 6.23. The maximum atomic E-state index is 12.9. The molecule has 0 aliphatic carbocycles. The van der Waals surface area contributed by atoms with E-state index in [4.69, 9.17) is 21.3 Å². The van der Waals surface area contributed by atoms with Crippen LogP contribution >= 0.6 is 11.6 Å². The molecule has 32 heavy (non-hydrogen) atoms. The second-order valence-electron chi connectivity index (χ2n) is 8.13. The summed E-state index contributed by atoms with van der Waals surface area (Å²) in [4.78, 5) is 19.6. The van der Waals surface area contributed by atoms with Crippen molar-refractivity contribution in [3.63, 3.8) is 0 Å². The van der Waals surface area contributed by atoms with E-state index in [1.165, 1.54) is 5.56 Å². The number of halogens is 1. The first-order chi connectivity index (χ1) is 15.6. The van der Waals surface area contributed by atoms with Gasteiger partial charge in [0.1, 0.15) is 18.2 Å². The van der Waals surface area contributed by atoms with Crippen molar-refractivity contribution in [2.45, 2.75) is 25.8 Å². The Morgan fingerprint density at radius 3 is 2.59 bits per heavy atom. The van der Waals surface area contributed by atoms with E-state index in [0.717, 1.165) is 22.5 Å². The largest absolute Gasteiger partial charge is 0.490 e. The van der Waals surface area contributed by atoms with Crippen LogP contribution in [0.3, 0.4) is 0 Å². The van der Waals surface area contributed by atoms with Crippen LogP contribution in [0.15, 0.2) is 72.8 Å². The molecule has 1 saturated heterocycles. The van der Waals surface area contributed by atoms with E-state index in [1.807, 2.05) is 78.6 Å². The molecule has 4 aromatic rings. The molecule has 1 aliphatic heterocycles. The Kier molecular flexibility index (Phi) is 5.58. The molecule has 5 nitrogen and oxygen atoms in total. The fourth-order valence-electron chi connectivity index (χ4n) is 4.30. The maximum Gasteiger partial charge on any atom is 0.227 e. The molecule has 1 amide bonds. The predicted molar refractivity (Wildman–Crippen MR) is 128 cm³/mol. The zero-order valence-corrected chi connectivity index (χ0v) is 18.6. The molecule has 0 unspecified atom stereocenters. The quantitative estimate of drug-likeness (QED) is 0.388. The lowest BCUT2D eigenvalue weighted by Crippen LogP contribution is -2.24. The molecular weight excluding hydrogens is 422 g/mol. The van der Waals surface area contributed by atoms with E-state index in [9.17, 15) is 4.79 Å². The average Bonchev–Trinajstić information content (AvgIpc) is 3.36. The van der Waals surface area contributed by atoms with E-state index < -0.39 is 0 Å². The molecule has 162 valence electrons. The summed E-state index contributed by atoms with van der Waals surface area (Å²) in [5.74, 6) is 1.75. The summed E-state index contributed by atoms with van der Waals surface area (Å²) in [6.45, 7) is 3.75. The van der Waals surface area contributed by atoms with Crippen LogP contribution < -0.4 is 9.64 Å². The van der Waals surface area contributed by atoms with Crippen LogP contribution in [0.25, 0.3) is 11.0 Å². The van der Waals surface area contributed by atoms with E-state index in [-0.39, 0.29) is 11.8 Å². The van der Waals surface area contributed by atoms with Crippen LogP contribution in [0.5, 0.6) is 5.75 Å². The monoisotopic (exact) mass is 445 g/mol. The lowest BCUT2D eigenvalue weighted by molar-refractivity contribution is -0.117. The van der Waals surface area contributed by atoms with Gasteiger partial charge in [0, 0.05) is 24.6 Å². The number of rotatable bonds is 6. The number of imidazole rings is 1. The predicted octanol–water partition coefficient (Wildman–Crippen LogP) is 5.60. The standard InChI is InChI=1S/C26H24ClN3O2/c1-18-10-12-20(13-11-18)30-17-19(16-25(30)31)26-28-22-7-3-4-8-23(22)29(26)14-15-32-24-9-5-2-6-21(24)27/h2-13,19H,14-17H2,1H3/t19-/m1/s1. The van der Waals surface area contributed by atoms with Gasteiger partial charge in [0.05, 0.1) is 22.6 Å². The lowest BCUT2D eigenvalue weighted by Gasteiger charge is -2.18. The Hall–Kier alpha value is -3.31. The first-order valence-electron chi connectivity index (χ1n) is 10.8. The van der Waals surface area contributed by atoms with Crippen molar-refractivity contribution in [1.29, 1.82) is 0 Å². The first kappa shape index (κ1) is 20.6. The SMILES string of the molecule is Cc1ccc(N2C[C@H](c3nc4ccccc4n3CCOc3ccccc3Cl)CC2=O)cc1. The van der Waals surface area contributed by atoms with Gasteiger partial charge < -0.3 is 14.2 Å². The number of anilines is 1. The van der Waals surface area contributed by atoms with Crippen molar-refractivity contribution in [2.24, 2.45) is 0 Å². The number of hydrogen-bond donors (Lipinski definition) is 0. The van der Waals surface area contributed by atoms with Crippen molar-refractivity contribution in [1.82, 2.24) is 9.55 Å². The van der Waals surface area contributed by atoms with E-state index in [2.05, 4.69) is 10.6 Å². The van der Waals surface area contributed by atoms with Crippen LogP contribution in [0.1, 0.15) is 23.7 Å². The van der Waals surface area contributed by atoms with E-state index in [0.29, 0.717) is 36.9 Å². The van der Waals surface area contributed by atoms with Crippen LogP contribution in [0, 0.1) is 6.92 Å². The highest BCUT2D eigenvalue weighted by atomic mass is 35.5. The number of fused-ring (bicyclic) bond motifs is 1. The normalized spacial score (nSPS) is 16.1. The summed E-state index contributed by atoms with van der Waals surface area (Å²) in [6, 6.07) is 23.6. The summed E-state index contributed by atoms with van der Waals surface area (Å²) in [5, 5.41) is 0.596. The molecule has 2 heterocycles. The maximum absolute atomic E-state index is 12.9. The molecular formula is C26H24ClN3O2. The topological polar surface area (TPSA) is 47.4 Å². The van der Waals surface area contributed by atoms with Gasteiger partial charge >= 0.3 is 0 Å². The highest BCUT2D eigenvalue weighted by Crippen LogP contribution is 2.33. The van der Waals surface area contributed by atoms with Crippen LogP contribution in [-0.4, -0.2) is 28.6 Å². The zero-order chi connectivity index (χ0) is 22.1. The van der Waals surface area contributed by atoms with Gasteiger partial charge in [-0.15, -0.1) is 0 Å². The van der Waals surface area contributed by atoms with Gasteiger partial charge in [-0.05, 0) is 43.3 Å². The Bertz CT molecular complexity index is 1270. The van der Waals surface area contributed by atoms with Gasteiger partial charge in [-0.2, -0.15) is 0 Å². The van der Waals surface area contributed by atoms with Gasteiger partial charge in [-0.3, -0.25) is 4.79 Å². The molecule has 1 fully saturated rings. The van der Waals surface area contributed by atoms with Gasteiger partial charge in [-0.1, -0.05) is 53.6 Å². The summed E-state index contributed by atoms with van der Waals surface area (Å²) in [6.07, 6.45) is 0.447. The smallest absolute Gasteiger partial charge is 0.227 e. The molecule has 1 atom stereocenters. The summed E-state index contributed by atoms with van der Waals surface area (Å²) < 4.78 is 8.12. The van der Waals surface area contributed by atoms with E-state index >= 15 is 0 Å². The van der Waals surface area contributed by atoms with Crippen molar-refractivity contribution >= 4 is 34.2 Å². The summed E-state index contributed by atoms with van der Waals surface area (Å²) in [7, 11) is 0. The molecule has 1 aromatic heterocycles. The minimum Gasteiger partial charge on any atom is -0.490 e. The molecule has 0 saturated carbocycles. The third-order valence-electron chi connectivity index (χ3n) is 5.93. The second-order valence-corrected chi connectivity index (χ2v) is 8.54. The molecule has 0 bridgehead atoms. The van der Waals surface area contributed by atoms with Crippen molar-refractivity contribution in [3.8, 4) is 5.75 Å². The third kappa shape index (κ3) is 3.96. The Morgan fingerprint density at radius 1 is 1.03 bits per heavy atom. The summed E-state index contributed by atoms with van der Waals surface area (Å²) in [5.41, 5.74) is 4.10. The molecule has 0 N–H and O–H groups in total. The van der Waals surface area contributed by atoms with Crippen molar-refractivity contribution < 1.29 is 9.53 Å². The number of aryl methyl sites for hydroxylation is 1. The van der Waals surface area contributed by atoms with Crippen molar-refractivity contribution in [3.05, 3.63) is 89.2 Å². The number of para-hydroxylation sites is 3. The molecule has 1 aliphatic rings. The fourth-order valence-corrected chi connectivity index (χ4v) is 4.49. The number of amides is 1. The third-order valence-corrected chi connectivity index (χ3v) is 6.24. The van der Waals surface area contributed by atoms with Crippen molar-refractivity contribution in [2.75, 3.05) is 18.1 Å². The van der Waals surface area contributed by atoms with Crippen LogP contribution in [-0.2, 0) is 11.3 Å². The number of ether oxygens (including phenoxy) is 1.